The Morgan fingerprint density at radius 1 is 1.05 bits per heavy atom. The van der Waals surface area contributed by atoms with E-state index in [2.05, 4.69) is 43.5 Å². The number of rotatable bonds is 10. The van der Waals surface area contributed by atoms with Crippen molar-refractivity contribution >= 4 is 61.9 Å². The predicted octanol–water partition coefficient (Wildman–Crippen LogP) is 5.76. The van der Waals surface area contributed by atoms with E-state index in [0.29, 0.717) is 46.2 Å². The Labute approximate surface area is 274 Å². The molecule has 8 nitrogen and oxygen atoms in total. The van der Waals surface area contributed by atoms with Crippen molar-refractivity contribution in [3.8, 4) is 17.2 Å². The number of thiazole rings is 1. The standard InChI is InChI=1S/C32H28BrIN2O6S/c1-4-40-25-12-11-21(16-26(25)41-5-2)28-22(31(38)39-3)17-35-32-36(28)30(37)27(43-32)15-20-13-23(33)29(24(34)14-20)42-18-19-9-7-6-8-10-19/h6-17,28H,4-5,18H2,1-3H3/b27-15-/t28-/m0/s1. The normalized spacial score (nSPS) is 14.4. The monoisotopic (exact) mass is 774 g/mol. The van der Waals surface area contributed by atoms with Crippen molar-refractivity contribution in [2.45, 2.75) is 26.5 Å². The molecule has 0 aliphatic carbocycles. The smallest absolute Gasteiger partial charge is 0.337 e. The third-order valence-corrected chi connectivity index (χ3v) is 8.94. The molecule has 1 aliphatic heterocycles. The van der Waals surface area contributed by atoms with Gasteiger partial charge in [-0.1, -0.05) is 47.7 Å². The summed E-state index contributed by atoms with van der Waals surface area (Å²) in [5.41, 5.74) is 2.52. The van der Waals surface area contributed by atoms with Crippen LogP contribution in [0.25, 0.3) is 6.08 Å². The Morgan fingerprint density at radius 3 is 2.49 bits per heavy atom. The number of ether oxygens (including phenoxy) is 4. The zero-order chi connectivity index (χ0) is 30.5. The highest BCUT2D eigenvalue weighted by Crippen LogP contribution is 2.35. The van der Waals surface area contributed by atoms with Crippen LogP contribution in [0, 0.1) is 3.57 Å². The van der Waals surface area contributed by atoms with Crippen LogP contribution < -0.4 is 29.1 Å². The summed E-state index contributed by atoms with van der Waals surface area (Å²) in [4.78, 5) is 31.7. The third kappa shape index (κ3) is 6.73. The number of benzene rings is 3. The second-order valence-corrected chi connectivity index (χ2v) is 12.4. The van der Waals surface area contributed by atoms with Gasteiger partial charge in [-0.2, -0.15) is 0 Å². The Morgan fingerprint density at radius 2 is 1.79 bits per heavy atom. The Bertz CT molecular complexity index is 1850. The van der Waals surface area contributed by atoms with Crippen molar-refractivity contribution in [1.29, 1.82) is 0 Å². The molecule has 0 bridgehead atoms. The summed E-state index contributed by atoms with van der Waals surface area (Å²) in [7, 11) is 1.31. The fraction of sp³-hybridized carbons (Fsp3) is 0.219. The van der Waals surface area contributed by atoms with E-state index in [1.54, 1.807) is 12.1 Å². The number of hydrogen-bond donors (Lipinski definition) is 0. The fourth-order valence-corrected chi connectivity index (χ4v) is 7.41. The van der Waals surface area contributed by atoms with Crippen molar-refractivity contribution in [3.05, 3.63) is 117 Å². The fourth-order valence-electron chi connectivity index (χ4n) is 4.67. The second-order valence-electron chi connectivity index (χ2n) is 9.34. The van der Waals surface area contributed by atoms with Crippen LogP contribution in [0.4, 0.5) is 0 Å². The van der Waals surface area contributed by atoms with Crippen molar-refractivity contribution in [2.24, 2.45) is 4.99 Å². The topological polar surface area (TPSA) is 88.4 Å². The summed E-state index contributed by atoms with van der Waals surface area (Å²) in [6.45, 7) is 5.11. The molecule has 222 valence electrons. The van der Waals surface area contributed by atoms with E-state index < -0.39 is 12.0 Å². The Balaban J connectivity index is 1.55. The molecule has 11 heteroatoms. The lowest BCUT2D eigenvalue weighted by atomic mass is 9.97. The van der Waals surface area contributed by atoms with Gasteiger partial charge in [0.1, 0.15) is 12.4 Å². The van der Waals surface area contributed by atoms with Gasteiger partial charge >= 0.3 is 5.97 Å². The number of halogens is 2. The molecule has 0 amide bonds. The van der Waals surface area contributed by atoms with Crippen LogP contribution in [0.3, 0.4) is 0 Å². The van der Waals surface area contributed by atoms with Crippen molar-refractivity contribution in [2.75, 3.05) is 20.3 Å². The summed E-state index contributed by atoms with van der Waals surface area (Å²) in [6.07, 6.45) is 3.29. The molecule has 0 unspecified atom stereocenters. The van der Waals surface area contributed by atoms with Gasteiger partial charge in [-0.05, 0) is 99.4 Å². The Kier molecular flexibility index (Phi) is 10.0. The molecule has 1 aromatic heterocycles. The first-order valence-electron chi connectivity index (χ1n) is 13.5. The predicted molar refractivity (Wildman–Crippen MR) is 178 cm³/mol. The lowest BCUT2D eigenvalue weighted by Gasteiger charge is -2.23. The number of carbonyl (C=O) groups excluding carboxylic acids is 1. The minimum atomic E-state index is -0.763. The highest BCUT2D eigenvalue weighted by molar-refractivity contribution is 14.1. The summed E-state index contributed by atoms with van der Waals surface area (Å²) < 4.78 is 26.4. The van der Waals surface area contributed by atoms with Crippen molar-refractivity contribution < 1.29 is 23.7 Å². The molecular weight excluding hydrogens is 747 g/mol. The van der Waals surface area contributed by atoms with Crippen molar-refractivity contribution in [1.82, 2.24) is 4.57 Å². The average Bonchev–Trinajstić information content (AvgIpc) is 3.32. The first-order valence-corrected chi connectivity index (χ1v) is 16.2. The quantitative estimate of drug-likeness (QED) is 0.151. The molecule has 0 saturated heterocycles. The van der Waals surface area contributed by atoms with E-state index in [4.69, 9.17) is 18.9 Å². The second kappa shape index (κ2) is 13.9. The van der Waals surface area contributed by atoms with Crippen LogP contribution in [0.15, 0.2) is 86.7 Å². The van der Waals surface area contributed by atoms with Crippen molar-refractivity contribution in [3.63, 3.8) is 0 Å². The zero-order valence-corrected chi connectivity index (χ0v) is 28.2. The molecule has 3 aromatic carbocycles. The van der Waals surface area contributed by atoms with Crippen LogP contribution >= 0.6 is 49.9 Å². The maximum Gasteiger partial charge on any atom is 0.337 e. The maximum absolute atomic E-state index is 13.9. The average molecular weight is 775 g/mol. The number of aromatic nitrogens is 1. The highest BCUT2D eigenvalue weighted by atomic mass is 127. The first-order chi connectivity index (χ1) is 20.8. The lowest BCUT2D eigenvalue weighted by molar-refractivity contribution is -0.136. The van der Waals surface area contributed by atoms with E-state index in [1.165, 1.54) is 29.2 Å². The summed E-state index contributed by atoms with van der Waals surface area (Å²) in [5, 5.41) is 0. The van der Waals surface area contributed by atoms with E-state index in [9.17, 15) is 9.59 Å². The van der Waals surface area contributed by atoms with Gasteiger partial charge in [0, 0.05) is 6.20 Å². The van der Waals surface area contributed by atoms with Crippen LogP contribution in [0.5, 0.6) is 17.2 Å². The van der Waals surface area contributed by atoms with Crippen LogP contribution in [0.2, 0.25) is 0 Å². The number of esters is 1. The Hall–Kier alpha value is -3.42. The van der Waals surface area contributed by atoms with Gasteiger partial charge < -0.3 is 18.9 Å². The molecule has 43 heavy (non-hydrogen) atoms. The number of methoxy groups -OCH3 is 1. The SMILES string of the molecule is CCOc1ccc([C@H]2C(C(=O)OC)=CN=c3s/c(=C\c4cc(Br)c(OCc5ccccc5)c(I)c4)c(=O)n32)cc1OCC. The molecule has 4 aromatic rings. The van der Waals surface area contributed by atoms with E-state index in [-0.39, 0.29) is 11.1 Å². The van der Waals surface area contributed by atoms with E-state index in [1.807, 2.05) is 68.5 Å². The van der Waals surface area contributed by atoms with Gasteiger partial charge in [0.25, 0.3) is 5.56 Å². The van der Waals surface area contributed by atoms with Gasteiger partial charge in [0.15, 0.2) is 16.3 Å². The van der Waals surface area contributed by atoms with Gasteiger partial charge in [-0.3, -0.25) is 9.36 Å². The molecule has 0 N–H and O–H groups in total. The third-order valence-electron chi connectivity index (χ3n) is 6.55. The highest BCUT2D eigenvalue weighted by Gasteiger charge is 2.31. The van der Waals surface area contributed by atoms with Crippen LogP contribution in [-0.4, -0.2) is 30.9 Å². The summed E-state index contributed by atoms with van der Waals surface area (Å²) >= 11 is 7.12. The van der Waals surface area contributed by atoms with Gasteiger partial charge in [-0.15, -0.1) is 0 Å². The molecule has 0 radical (unpaired) electrons. The number of nitrogens with zero attached hydrogens (tertiary/aromatic N) is 2. The molecule has 5 rings (SSSR count). The molecule has 1 aliphatic rings. The van der Waals surface area contributed by atoms with Gasteiger partial charge in [-0.25, -0.2) is 9.79 Å². The van der Waals surface area contributed by atoms with E-state index in [0.717, 1.165) is 24.9 Å². The van der Waals surface area contributed by atoms with Gasteiger partial charge in [0.2, 0.25) is 0 Å². The van der Waals surface area contributed by atoms with E-state index >= 15 is 0 Å². The zero-order valence-electron chi connectivity index (χ0n) is 23.6. The number of carbonyl (C=O) groups is 1. The summed E-state index contributed by atoms with van der Waals surface area (Å²) in [5.74, 6) is 1.27. The summed E-state index contributed by atoms with van der Waals surface area (Å²) in [6, 6.07) is 18.5. The number of fused-ring (bicyclic) bond motifs is 1. The van der Waals surface area contributed by atoms with Crippen LogP contribution in [0.1, 0.15) is 36.6 Å². The largest absolute Gasteiger partial charge is 0.490 e. The minimum Gasteiger partial charge on any atom is -0.490 e. The number of hydrogen-bond acceptors (Lipinski definition) is 8. The molecule has 2 heterocycles. The van der Waals surface area contributed by atoms with Gasteiger partial charge in [0.05, 0.1) is 44.5 Å². The van der Waals surface area contributed by atoms with Crippen LogP contribution in [-0.2, 0) is 16.1 Å². The maximum atomic E-state index is 13.9. The first kappa shape index (κ1) is 31.0. The molecule has 0 saturated carbocycles. The molecule has 0 spiro atoms. The minimum absolute atomic E-state index is 0.241. The molecular formula is C32H28BrIN2O6S. The molecule has 1 atom stereocenters. The molecule has 0 fully saturated rings. The lowest BCUT2D eigenvalue weighted by Crippen LogP contribution is -2.39.